The molecule has 1 amide bonds. The van der Waals surface area contributed by atoms with Crippen molar-refractivity contribution in [3.05, 3.63) is 77.3 Å². The Balaban J connectivity index is 1.44. The number of anilines is 2. The number of halogens is 1. The fourth-order valence-corrected chi connectivity index (χ4v) is 4.42. The maximum atomic E-state index is 13.2. The third kappa shape index (κ3) is 3.54. The van der Waals surface area contributed by atoms with Gasteiger partial charge in [-0.25, -0.2) is 14.4 Å². The Hall–Kier alpha value is -3.35. The lowest BCUT2D eigenvalue weighted by Crippen LogP contribution is -2.37. The van der Waals surface area contributed by atoms with Gasteiger partial charge in [-0.2, -0.15) is 0 Å². The standard InChI is InChI=1S/C24H24FN5O/c1-15-14-24(15,29-23(31)17-5-7-18(25)8-6-17)21-10-9-20-19(28-21)4-3-13-30(20)22-11-12-26-16(2)27-22/h5-12,15H,3-4,13-14H2,1-2H3,(H,29,31)/t15-,24-/m1/s1. The first-order valence-electron chi connectivity index (χ1n) is 10.6. The molecule has 2 atom stereocenters. The number of carbonyl (C=O) groups is 1. The number of nitrogens with one attached hydrogen (secondary N) is 1. The van der Waals surface area contributed by atoms with E-state index in [0.717, 1.165) is 54.5 Å². The van der Waals surface area contributed by atoms with Gasteiger partial charge < -0.3 is 10.2 Å². The van der Waals surface area contributed by atoms with Gasteiger partial charge in [-0.15, -0.1) is 0 Å². The average molecular weight is 417 g/mol. The number of amides is 1. The summed E-state index contributed by atoms with van der Waals surface area (Å²) in [6.07, 6.45) is 4.48. The molecule has 1 N–H and O–H groups in total. The molecular formula is C24H24FN5O. The second-order valence-corrected chi connectivity index (χ2v) is 8.42. The molecular weight excluding hydrogens is 393 g/mol. The molecule has 2 aliphatic rings. The maximum absolute atomic E-state index is 13.2. The Labute approximate surface area is 180 Å². The summed E-state index contributed by atoms with van der Waals surface area (Å²) in [6, 6.07) is 11.6. The summed E-state index contributed by atoms with van der Waals surface area (Å²) in [6.45, 7) is 4.88. The maximum Gasteiger partial charge on any atom is 0.252 e. The number of aryl methyl sites for hydroxylation is 2. The number of nitrogens with zero attached hydrogens (tertiary/aromatic N) is 4. The van der Waals surface area contributed by atoms with Crippen LogP contribution in [-0.2, 0) is 12.0 Å². The molecule has 1 aromatic carbocycles. The van der Waals surface area contributed by atoms with Gasteiger partial charge in [-0.3, -0.25) is 9.78 Å². The Morgan fingerprint density at radius 1 is 1.16 bits per heavy atom. The molecule has 0 unspecified atom stereocenters. The highest BCUT2D eigenvalue weighted by Crippen LogP contribution is 2.51. The molecule has 0 spiro atoms. The molecule has 7 heteroatoms. The molecule has 158 valence electrons. The summed E-state index contributed by atoms with van der Waals surface area (Å²) in [5.74, 6) is 1.34. The molecule has 3 aromatic rings. The van der Waals surface area contributed by atoms with Crippen LogP contribution < -0.4 is 10.2 Å². The predicted octanol–water partition coefficient (Wildman–Crippen LogP) is 4.07. The number of carbonyl (C=O) groups excluding carboxylic acids is 1. The molecule has 5 rings (SSSR count). The van der Waals surface area contributed by atoms with Crippen LogP contribution in [0.4, 0.5) is 15.9 Å². The highest BCUT2D eigenvalue weighted by atomic mass is 19.1. The van der Waals surface area contributed by atoms with Gasteiger partial charge in [0.05, 0.1) is 22.6 Å². The van der Waals surface area contributed by atoms with Crippen LogP contribution in [0.5, 0.6) is 0 Å². The quantitative estimate of drug-likeness (QED) is 0.693. The van der Waals surface area contributed by atoms with Crippen LogP contribution in [0.1, 0.15) is 47.3 Å². The van der Waals surface area contributed by atoms with E-state index >= 15 is 0 Å². The van der Waals surface area contributed by atoms with Crippen LogP contribution in [-0.4, -0.2) is 27.4 Å². The van der Waals surface area contributed by atoms with E-state index in [2.05, 4.69) is 33.2 Å². The number of aromatic nitrogens is 3. The number of hydrogen-bond donors (Lipinski definition) is 1. The molecule has 3 heterocycles. The van der Waals surface area contributed by atoms with E-state index in [4.69, 9.17) is 4.98 Å². The highest BCUT2D eigenvalue weighted by Gasteiger charge is 2.55. The first kappa shape index (κ1) is 19.6. The first-order valence-corrected chi connectivity index (χ1v) is 10.6. The lowest BCUT2D eigenvalue weighted by atomic mass is 10.0. The van der Waals surface area contributed by atoms with Crippen molar-refractivity contribution >= 4 is 17.4 Å². The zero-order valence-corrected chi connectivity index (χ0v) is 17.6. The molecule has 1 saturated carbocycles. The second-order valence-electron chi connectivity index (χ2n) is 8.42. The smallest absolute Gasteiger partial charge is 0.252 e. The van der Waals surface area contributed by atoms with E-state index in [-0.39, 0.29) is 17.6 Å². The molecule has 31 heavy (non-hydrogen) atoms. The number of hydrogen-bond acceptors (Lipinski definition) is 5. The van der Waals surface area contributed by atoms with Crippen molar-refractivity contribution in [2.24, 2.45) is 5.92 Å². The summed E-state index contributed by atoms with van der Waals surface area (Å²) in [7, 11) is 0. The van der Waals surface area contributed by atoms with E-state index in [1.54, 1.807) is 6.20 Å². The minimum absolute atomic E-state index is 0.207. The lowest BCUT2D eigenvalue weighted by Gasteiger charge is -2.31. The summed E-state index contributed by atoms with van der Waals surface area (Å²) < 4.78 is 13.2. The van der Waals surface area contributed by atoms with Gasteiger partial charge in [0, 0.05) is 18.3 Å². The Bertz CT molecular complexity index is 1150. The van der Waals surface area contributed by atoms with Crippen LogP contribution in [0.15, 0.2) is 48.7 Å². The minimum Gasteiger partial charge on any atom is -0.341 e. The van der Waals surface area contributed by atoms with Crippen molar-refractivity contribution in [1.29, 1.82) is 0 Å². The van der Waals surface area contributed by atoms with Crippen molar-refractivity contribution in [3.63, 3.8) is 0 Å². The van der Waals surface area contributed by atoms with Gasteiger partial charge >= 0.3 is 0 Å². The summed E-state index contributed by atoms with van der Waals surface area (Å²) in [4.78, 5) is 28.8. The fourth-order valence-electron chi connectivity index (χ4n) is 4.42. The molecule has 2 aromatic heterocycles. The fraction of sp³-hybridized carbons (Fsp3) is 0.333. The SMILES string of the molecule is Cc1nccc(N2CCCc3nc([C@@]4(NC(=O)c5ccc(F)cc5)C[C@H]4C)ccc32)n1. The van der Waals surface area contributed by atoms with E-state index in [0.29, 0.717) is 5.56 Å². The van der Waals surface area contributed by atoms with Crippen molar-refractivity contribution in [2.75, 3.05) is 11.4 Å². The van der Waals surface area contributed by atoms with E-state index in [1.807, 2.05) is 19.1 Å². The third-order valence-corrected chi connectivity index (χ3v) is 6.28. The zero-order chi connectivity index (χ0) is 21.6. The van der Waals surface area contributed by atoms with Gasteiger partial charge in [0.1, 0.15) is 17.5 Å². The predicted molar refractivity (Wildman–Crippen MR) is 116 cm³/mol. The zero-order valence-electron chi connectivity index (χ0n) is 17.6. The monoisotopic (exact) mass is 417 g/mol. The molecule has 0 bridgehead atoms. The highest BCUT2D eigenvalue weighted by molar-refractivity contribution is 5.95. The lowest BCUT2D eigenvalue weighted by molar-refractivity contribution is 0.0926. The van der Waals surface area contributed by atoms with Crippen molar-refractivity contribution in [1.82, 2.24) is 20.3 Å². The third-order valence-electron chi connectivity index (χ3n) is 6.28. The van der Waals surface area contributed by atoms with Crippen molar-refractivity contribution in [2.45, 2.75) is 38.6 Å². The van der Waals surface area contributed by atoms with Gasteiger partial charge in [-0.1, -0.05) is 6.92 Å². The molecule has 1 aliphatic carbocycles. The topological polar surface area (TPSA) is 71.0 Å². The van der Waals surface area contributed by atoms with Gasteiger partial charge in [0.15, 0.2) is 0 Å². The Kier molecular flexibility index (Phi) is 4.68. The largest absolute Gasteiger partial charge is 0.341 e. The van der Waals surface area contributed by atoms with Gasteiger partial charge in [0.25, 0.3) is 5.91 Å². The Morgan fingerprint density at radius 3 is 2.65 bits per heavy atom. The van der Waals surface area contributed by atoms with Gasteiger partial charge in [-0.05, 0) is 74.6 Å². The van der Waals surface area contributed by atoms with Crippen LogP contribution in [0.2, 0.25) is 0 Å². The molecule has 1 fully saturated rings. The van der Waals surface area contributed by atoms with E-state index in [9.17, 15) is 9.18 Å². The van der Waals surface area contributed by atoms with Crippen LogP contribution in [0.3, 0.4) is 0 Å². The summed E-state index contributed by atoms with van der Waals surface area (Å²) >= 11 is 0. The van der Waals surface area contributed by atoms with Gasteiger partial charge in [0.2, 0.25) is 0 Å². The summed E-state index contributed by atoms with van der Waals surface area (Å²) in [5.41, 5.74) is 2.93. The van der Waals surface area contributed by atoms with Crippen LogP contribution in [0, 0.1) is 18.7 Å². The minimum atomic E-state index is -0.478. The molecule has 1 aliphatic heterocycles. The number of rotatable bonds is 4. The second kappa shape index (κ2) is 7.41. The van der Waals surface area contributed by atoms with Crippen LogP contribution in [0.25, 0.3) is 0 Å². The number of fused-ring (bicyclic) bond motifs is 1. The Morgan fingerprint density at radius 2 is 1.94 bits per heavy atom. The average Bonchev–Trinajstić information content (AvgIpc) is 3.43. The molecule has 0 radical (unpaired) electrons. The normalized spacial score (nSPS) is 22.0. The van der Waals surface area contributed by atoms with E-state index in [1.165, 1.54) is 24.3 Å². The number of benzene rings is 1. The van der Waals surface area contributed by atoms with Crippen molar-refractivity contribution in [3.8, 4) is 0 Å². The van der Waals surface area contributed by atoms with E-state index < -0.39 is 5.54 Å². The molecule has 0 saturated heterocycles. The molecule has 6 nitrogen and oxygen atoms in total. The number of pyridine rings is 1. The summed E-state index contributed by atoms with van der Waals surface area (Å²) in [5, 5.41) is 3.17. The first-order chi connectivity index (χ1) is 15.0. The van der Waals surface area contributed by atoms with Crippen LogP contribution >= 0.6 is 0 Å². The van der Waals surface area contributed by atoms with Crippen molar-refractivity contribution < 1.29 is 9.18 Å².